The summed E-state index contributed by atoms with van der Waals surface area (Å²) >= 11 is -1.84. The Bertz CT molecular complexity index is 602. The Kier molecular flexibility index (Phi) is 4.50. The molecule has 2 aliphatic rings. The summed E-state index contributed by atoms with van der Waals surface area (Å²) in [5.74, 6) is 0. The van der Waals surface area contributed by atoms with E-state index in [2.05, 4.69) is 73.9 Å². The normalized spacial score (nSPS) is 24.1. The minimum atomic E-state index is -1.84. The van der Waals surface area contributed by atoms with E-state index in [1.54, 1.807) is 33.4 Å². The fraction of sp³-hybridized carbons (Fsp3) is 0.619. The first-order chi connectivity index (χ1) is 9.86. The molecule has 0 nitrogen and oxygen atoms in total. The molecule has 0 radical (unpaired) electrons. The summed E-state index contributed by atoms with van der Waals surface area (Å²) in [7, 11) is 0. The molecule has 0 amide bonds. The van der Waals surface area contributed by atoms with Crippen LogP contribution < -0.4 is 0 Å². The van der Waals surface area contributed by atoms with Crippen LogP contribution in [0.5, 0.6) is 0 Å². The van der Waals surface area contributed by atoms with E-state index < -0.39 is 21.8 Å². The quantitative estimate of drug-likeness (QED) is 0.489. The Morgan fingerprint density at radius 2 is 0.818 bits per heavy atom. The molecule has 0 heterocycles. The minimum absolute atomic E-state index is 0.269. The maximum atomic E-state index is 2.63. The molecule has 0 fully saturated rings. The average molecular weight is 377 g/mol. The fourth-order valence-electron chi connectivity index (χ4n) is 4.81. The van der Waals surface area contributed by atoms with Crippen molar-refractivity contribution in [3.8, 4) is 0 Å². The molecule has 0 aromatic heterocycles. The zero-order chi connectivity index (χ0) is 17.2. The zero-order valence-corrected chi connectivity index (χ0v) is 19.0. The van der Waals surface area contributed by atoms with Crippen LogP contribution in [0.3, 0.4) is 0 Å². The second-order valence-corrected chi connectivity index (χ2v) is 13.9. The predicted octanol–water partition coefficient (Wildman–Crippen LogP) is 6.95. The number of allylic oxidation sites excluding steroid dienone is 8. The molecule has 0 bridgehead atoms. The van der Waals surface area contributed by atoms with Crippen molar-refractivity contribution in [2.75, 3.05) is 0 Å². The molecule has 0 N–H and O–H groups in total. The number of hydrogen-bond donors (Lipinski definition) is 0. The molecule has 0 aromatic carbocycles. The molecule has 0 aromatic rings. The van der Waals surface area contributed by atoms with E-state index in [1.165, 1.54) is 0 Å². The van der Waals surface area contributed by atoms with Gasteiger partial charge in [0.1, 0.15) is 0 Å². The van der Waals surface area contributed by atoms with Crippen LogP contribution in [0, 0.1) is 10.8 Å². The van der Waals surface area contributed by atoms with Crippen molar-refractivity contribution in [1.29, 1.82) is 0 Å². The van der Waals surface area contributed by atoms with Crippen LogP contribution in [0.1, 0.15) is 69.2 Å². The Morgan fingerprint density at radius 3 is 1.00 bits per heavy atom. The van der Waals surface area contributed by atoms with Crippen molar-refractivity contribution in [2.24, 2.45) is 10.8 Å². The molecular weight excluding hydrogens is 343 g/mol. The van der Waals surface area contributed by atoms with Gasteiger partial charge in [0.25, 0.3) is 0 Å². The molecular formula is C21H33Zr. The van der Waals surface area contributed by atoms with Gasteiger partial charge < -0.3 is 0 Å². The van der Waals surface area contributed by atoms with E-state index in [4.69, 9.17) is 0 Å². The third-order valence-corrected chi connectivity index (χ3v) is 15.5. The van der Waals surface area contributed by atoms with E-state index in [0.29, 0.717) is 0 Å². The zero-order valence-electron chi connectivity index (χ0n) is 16.5. The summed E-state index contributed by atoms with van der Waals surface area (Å²) in [4.78, 5) is 0. The summed E-state index contributed by atoms with van der Waals surface area (Å²) in [5.41, 5.74) is 10.0. The second-order valence-electron chi connectivity index (χ2n) is 8.38. The fourth-order valence-corrected chi connectivity index (χ4v) is 14.6. The van der Waals surface area contributed by atoms with Gasteiger partial charge in [0.15, 0.2) is 0 Å². The average Bonchev–Trinajstić information content (AvgIpc) is 2.66. The number of rotatable bonds is 2. The Labute approximate surface area is 146 Å². The van der Waals surface area contributed by atoms with Gasteiger partial charge in [-0.1, -0.05) is 0 Å². The first kappa shape index (κ1) is 18.2. The molecule has 121 valence electrons. The summed E-state index contributed by atoms with van der Waals surface area (Å²) in [5, 5.41) is 0. The molecule has 1 heteroatoms. The van der Waals surface area contributed by atoms with Crippen LogP contribution in [-0.4, -0.2) is 0 Å². The SMILES string of the molecule is CC1=C(C)C(C)(C)[C]([Zr]([CH3])[C]2=C(C)C(C)=C(C)C2(C)C)=C1C. The summed E-state index contributed by atoms with van der Waals surface area (Å²) < 4.78 is 6.28. The second kappa shape index (κ2) is 5.44. The first-order valence-corrected chi connectivity index (χ1v) is 13.4. The monoisotopic (exact) mass is 375 g/mol. The van der Waals surface area contributed by atoms with Crippen molar-refractivity contribution in [1.82, 2.24) is 0 Å². The molecule has 2 rings (SSSR count). The third kappa shape index (κ3) is 2.26. The molecule has 0 atom stereocenters. The first-order valence-electron chi connectivity index (χ1n) is 8.50. The third-order valence-electron chi connectivity index (χ3n) is 6.88. The molecule has 0 aliphatic heterocycles. The van der Waals surface area contributed by atoms with Gasteiger partial charge >= 0.3 is 146 Å². The van der Waals surface area contributed by atoms with Crippen molar-refractivity contribution in [3.63, 3.8) is 0 Å². The Hall–Kier alpha value is -0.157. The van der Waals surface area contributed by atoms with Crippen LogP contribution in [0.4, 0.5) is 0 Å². The van der Waals surface area contributed by atoms with E-state index >= 15 is 0 Å². The van der Waals surface area contributed by atoms with Gasteiger partial charge in [-0.05, 0) is 0 Å². The van der Waals surface area contributed by atoms with Crippen molar-refractivity contribution in [3.05, 3.63) is 40.0 Å². The molecule has 0 spiro atoms. The van der Waals surface area contributed by atoms with Gasteiger partial charge in [0.05, 0.1) is 0 Å². The van der Waals surface area contributed by atoms with E-state index in [-0.39, 0.29) is 10.8 Å². The van der Waals surface area contributed by atoms with Gasteiger partial charge in [-0.2, -0.15) is 0 Å². The van der Waals surface area contributed by atoms with E-state index in [0.717, 1.165) is 0 Å². The van der Waals surface area contributed by atoms with Gasteiger partial charge in [-0.15, -0.1) is 0 Å². The predicted molar refractivity (Wildman–Crippen MR) is 95.6 cm³/mol. The number of hydrogen-bond acceptors (Lipinski definition) is 0. The van der Waals surface area contributed by atoms with Crippen LogP contribution >= 0.6 is 0 Å². The molecule has 22 heavy (non-hydrogen) atoms. The summed E-state index contributed by atoms with van der Waals surface area (Å²) in [6.07, 6.45) is 0. The maximum absolute atomic E-state index is 2.63. The molecule has 0 saturated carbocycles. The Balaban J connectivity index is 2.59. The van der Waals surface area contributed by atoms with Gasteiger partial charge in [-0.25, -0.2) is 0 Å². The molecule has 0 unspecified atom stereocenters. The van der Waals surface area contributed by atoms with Crippen molar-refractivity contribution in [2.45, 2.75) is 73.9 Å². The van der Waals surface area contributed by atoms with Gasteiger partial charge in [0.2, 0.25) is 0 Å². The van der Waals surface area contributed by atoms with Crippen LogP contribution in [0.15, 0.2) is 40.0 Å². The standard InChI is InChI=1S/2C10H15.CH3.Zr/c2*1-7-6-10(4,5)9(3)8(7)2;;/h2*1-5H3;1H3;. The van der Waals surface area contributed by atoms with E-state index in [9.17, 15) is 0 Å². The van der Waals surface area contributed by atoms with Gasteiger partial charge in [0, 0.05) is 0 Å². The van der Waals surface area contributed by atoms with Gasteiger partial charge in [-0.3, -0.25) is 0 Å². The van der Waals surface area contributed by atoms with Crippen LogP contribution in [0.25, 0.3) is 0 Å². The van der Waals surface area contributed by atoms with Crippen LogP contribution in [0.2, 0.25) is 4.63 Å². The molecule has 0 saturated heterocycles. The van der Waals surface area contributed by atoms with Crippen molar-refractivity contribution >= 4 is 0 Å². The summed E-state index contributed by atoms with van der Waals surface area (Å²) in [6, 6.07) is 0. The molecule has 2 aliphatic carbocycles. The summed E-state index contributed by atoms with van der Waals surface area (Å²) in [6.45, 7) is 23.9. The van der Waals surface area contributed by atoms with Crippen molar-refractivity contribution < 1.29 is 21.8 Å². The van der Waals surface area contributed by atoms with Crippen LogP contribution in [-0.2, 0) is 21.8 Å². The topological polar surface area (TPSA) is 0 Å². The van der Waals surface area contributed by atoms with E-state index in [1.807, 2.05) is 6.56 Å². The Morgan fingerprint density at radius 1 is 0.545 bits per heavy atom.